The predicted molar refractivity (Wildman–Crippen MR) is 110 cm³/mol. The molecular weight excluding hydrogens is 360 g/mol. The molecule has 1 amide bonds. The summed E-state index contributed by atoms with van der Waals surface area (Å²) < 4.78 is 6.06. The topological polar surface area (TPSA) is 50.4 Å². The van der Waals surface area contributed by atoms with Crippen LogP contribution in [0, 0.1) is 0 Å². The molecule has 27 heavy (non-hydrogen) atoms. The maximum absolute atomic E-state index is 12.4. The van der Waals surface area contributed by atoms with E-state index >= 15 is 0 Å². The molecule has 2 N–H and O–H groups in total. The molecule has 2 aliphatic rings. The highest BCUT2D eigenvalue weighted by Gasteiger charge is 2.41. The van der Waals surface area contributed by atoms with Crippen molar-refractivity contribution in [2.75, 3.05) is 19.7 Å². The maximum atomic E-state index is 12.4. The molecule has 1 spiro atoms. The molecule has 2 aliphatic heterocycles. The molecule has 2 fully saturated rings. The van der Waals surface area contributed by atoms with Crippen LogP contribution < -0.4 is 10.6 Å². The fourth-order valence-corrected chi connectivity index (χ4v) is 4.08. The summed E-state index contributed by atoms with van der Waals surface area (Å²) in [5.41, 5.74) is 3.39. The van der Waals surface area contributed by atoms with E-state index in [-0.39, 0.29) is 30.0 Å². The number of hydrogen-bond donors (Lipinski definition) is 2. The van der Waals surface area contributed by atoms with Crippen LogP contribution >= 0.6 is 12.4 Å². The van der Waals surface area contributed by atoms with Gasteiger partial charge in [0.25, 0.3) is 0 Å². The Labute approximate surface area is 167 Å². The number of piperidine rings is 1. The van der Waals surface area contributed by atoms with E-state index in [0.29, 0.717) is 13.0 Å². The van der Waals surface area contributed by atoms with Crippen molar-refractivity contribution in [2.45, 2.75) is 37.3 Å². The first-order valence-electron chi connectivity index (χ1n) is 9.51. The molecule has 0 aliphatic carbocycles. The van der Waals surface area contributed by atoms with Crippen molar-refractivity contribution in [2.24, 2.45) is 0 Å². The van der Waals surface area contributed by atoms with Gasteiger partial charge in [-0.2, -0.15) is 0 Å². The van der Waals surface area contributed by atoms with E-state index in [1.54, 1.807) is 0 Å². The molecular formula is C22H27ClN2O2. The van der Waals surface area contributed by atoms with E-state index in [1.807, 2.05) is 30.3 Å². The Bertz CT molecular complexity index is 743. The van der Waals surface area contributed by atoms with E-state index in [4.69, 9.17) is 4.74 Å². The lowest BCUT2D eigenvalue weighted by Gasteiger charge is -2.32. The lowest BCUT2D eigenvalue weighted by molar-refractivity contribution is -0.121. The SMILES string of the molecule is Cl.O=C(Cc1ccc(-c2ccccc2)cc1)NC1COC2(CCNCC2)C1. The smallest absolute Gasteiger partial charge is 0.224 e. The van der Waals surface area contributed by atoms with Gasteiger partial charge in [-0.25, -0.2) is 0 Å². The van der Waals surface area contributed by atoms with E-state index in [2.05, 4.69) is 34.9 Å². The van der Waals surface area contributed by atoms with Gasteiger partial charge >= 0.3 is 0 Å². The van der Waals surface area contributed by atoms with Gasteiger partial charge in [-0.1, -0.05) is 54.6 Å². The number of benzene rings is 2. The average Bonchev–Trinajstić information content (AvgIpc) is 3.05. The highest BCUT2D eigenvalue weighted by Crippen LogP contribution is 2.33. The summed E-state index contributed by atoms with van der Waals surface area (Å²) in [5.74, 6) is 0.0806. The second-order valence-corrected chi connectivity index (χ2v) is 7.45. The molecule has 4 nitrogen and oxygen atoms in total. The summed E-state index contributed by atoms with van der Waals surface area (Å²) in [7, 11) is 0. The van der Waals surface area contributed by atoms with Crippen molar-refractivity contribution in [3.8, 4) is 11.1 Å². The van der Waals surface area contributed by atoms with Crippen molar-refractivity contribution >= 4 is 18.3 Å². The first-order valence-corrected chi connectivity index (χ1v) is 9.51. The van der Waals surface area contributed by atoms with E-state index in [0.717, 1.165) is 37.9 Å². The van der Waals surface area contributed by atoms with E-state index in [1.165, 1.54) is 11.1 Å². The van der Waals surface area contributed by atoms with Crippen LogP contribution in [0.3, 0.4) is 0 Å². The Morgan fingerprint density at radius 3 is 2.41 bits per heavy atom. The fraction of sp³-hybridized carbons (Fsp3) is 0.409. The van der Waals surface area contributed by atoms with Crippen LogP contribution in [0.2, 0.25) is 0 Å². The van der Waals surface area contributed by atoms with Gasteiger partial charge in [-0.3, -0.25) is 4.79 Å². The highest BCUT2D eigenvalue weighted by molar-refractivity contribution is 5.85. The molecule has 0 bridgehead atoms. The van der Waals surface area contributed by atoms with Crippen LogP contribution in [0.5, 0.6) is 0 Å². The molecule has 2 aromatic rings. The molecule has 1 unspecified atom stereocenters. The van der Waals surface area contributed by atoms with Crippen molar-refractivity contribution in [3.05, 3.63) is 60.2 Å². The number of carbonyl (C=O) groups is 1. The Morgan fingerprint density at radius 2 is 1.70 bits per heavy atom. The van der Waals surface area contributed by atoms with Crippen LogP contribution in [-0.4, -0.2) is 37.2 Å². The fourth-order valence-electron chi connectivity index (χ4n) is 4.08. The molecule has 4 rings (SSSR count). The Morgan fingerprint density at radius 1 is 1.04 bits per heavy atom. The van der Waals surface area contributed by atoms with Gasteiger partial charge < -0.3 is 15.4 Å². The lowest BCUT2D eigenvalue weighted by Crippen LogP contribution is -2.43. The van der Waals surface area contributed by atoms with Crippen LogP contribution in [0.25, 0.3) is 11.1 Å². The molecule has 0 saturated carbocycles. The third-order valence-electron chi connectivity index (χ3n) is 5.51. The maximum Gasteiger partial charge on any atom is 0.224 e. The van der Waals surface area contributed by atoms with Gasteiger partial charge in [0.15, 0.2) is 0 Å². The summed E-state index contributed by atoms with van der Waals surface area (Å²) in [6, 6.07) is 18.7. The molecule has 0 aromatic heterocycles. The van der Waals surface area contributed by atoms with Crippen molar-refractivity contribution < 1.29 is 9.53 Å². The average molecular weight is 387 g/mol. The van der Waals surface area contributed by atoms with Crippen LogP contribution in [0.1, 0.15) is 24.8 Å². The van der Waals surface area contributed by atoms with Crippen LogP contribution in [0.15, 0.2) is 54.6 Å². The number of hydrogen-bond acceptors (Lipinski definition) is 3. The zero-order chi connectivity index (χ0) is 17.8. The van der Waals surface area contributed by atoms with Gasteiger partial charge in [0.1, 0.15) is 0 Å². The molecule has 2 heterocycles. The quantitative estimate of drug-likeness (QED) is 0.847. The zero-order valence-corrected chi connectivity index (χ0v) is 16.3. The minimum atomic E-state index is -0.0134. The molecule has 2 aromatic carbocycles. The third kappa shape index (κ3) is 4.89. The summed E-state index contributed by atoms with van der Waals surface area (Å²) in [5, 5.41) is 6.53. The number of carbonyl (C=O) groups excluding carboxylic acids is 1. The van der Waals surface area contributed by atoms with E-state index in [9.17, 15) is 4.79 Å². The second-order valence-electron chi connectivity index (χ2n) is 7.45. The molecule has 2 saturated heterocycles. The third-order valence-corrected chi connectivity index (χ3v) is 5.51. The van der Waals surface area contributed by atoms with Crippen LogP contribution in [-0.2, 0) is 16.0 Å². The lowest BCUT2D eigenvalue weighted by atomic mass is 9.88. The monoisotopic (exact) mass is 386 g/mol. The largest absolute Gasteiger partial charge is 0.373 e. The Hall–Kier alpha value is -1.88. The van der Waals surface area contributed by atoms with Gasteiger partial charge in [0.2, 0.25) is 5.91 Å². The van der Waals surface area contributed by atoms with Crippen molar-refractivity contribution in [1.29, 1.82) is 0 Å². The van der Waals surface area contributed by atoms with Crippen LogP contribution in [0.4, 0.5) is 0 Å². The molecule has 0 radical (unpaired) electrons. The summed E-state index contributed by atoms with van der Waals surface area (Å²) in [4.78, 5) is 12.4. The van der Waals surface area contributed by atoms with Gasteiger partial charge in [-0.05, 0) is 49.0 Å². The summed E-state index contributed by atoms with van der Waals surface area (Å²) >= 11 is 0. The number of amides is 1. The van der Waals surface area contributed by atoms with Crippen molar-refractivity contribution in [3.63, 3.8) is 0 Å². The van der Waals surface area contributed by atoms with Gasteiger partial charge in [0, 0.05) is 0 Å². The second kappa shape index (κ2) is 8.87. The number of halogens is 1. The van der Waals surface area contributed by atoms with Gasteiger partial charge in [-0.15, -0.1) is 12.4 Å². The number of ether oxygens (including phenoxy) is 1. The van der Waals surface area contributed by atoms with Crippen molar-refractivity contribution in [1.82, 2.24) is 10.6 Å². The standard InChI is InChI=1S/C22H26N2O2.ClH/c25-21(24-20-15-22(26-16-20)10-12-23-13-11-22)14-17-6-8-19(9-7-17)18-4-2-1-3-5-18;/h1-9,20,23H,10-16H2,(H,24,25);1H. The predicted octanol–water partition coefficient (Wildman–Crippen LogP) is 3.35. The highest BCUT2D eigenvalue weighted by atomic mass is 35.5. The normalized spacial score (nSPS) is 20.8. The molecule has 144 valence electrons. The summed E-state index contributed by atoms with van der Waals surface area (Å²) in [6.45, 7) is 2.65. The molecule has 1 atom stereocenters. The van der Waals surface area contributed by atoms with Gasteiger partial charge in [0.05, 0.1) is 24.7 Å². The number of nitrogens with one attached hydrogen (secondary N) is 2. The summed E-state index contributed by atoms with van der Waals surface area (Å²) in [6.07, 6.45) is 3.44. The number of rotatable bonds is 4. The molecule has 5 heteroatoms. The first-order chi connectivity index (χ1) is 12.7. The van der Waals surface area contributed by atoms with E-state index < -0.39 is 0 Å². The minimum Gasteiger partial charge on any atom is -0.373 e. The Kier molecular flexibility index (Phi) is 6.53. The minimum absolute atomic E-state index is 0. The Balaban J connectivity index is 0.00000210. The zero-order valence-electron chi connectivity index (χ0n) is 15.4. The first kappa shape index (κ1) is 19.9.